The SMILES string of the molecule is N#CCCC(CC1(c2nc(-c3ccccc3)cs2)CCOCC1)C(N)=O. The number of rotatable bonds is 7. The van der Waals surface area contributed by atoms with Crippen LogP contribution in [0.25, 0.3) is 11.3 Å². The zero-order chi connectivity index (χ0) is 18.4. The lowest BCUT2D eigenvalue weighted by Crippen LogP contribution is -2.39. The number of hydrogen-bond donors (Lipinski definition) is 1. The van der Waals surface area contributed by atoms with Crippen molar-refractivity contribution in [2.75, 3.05) is 13.2 Å². The Kier molecular flexibility index (Phi) is 6.02. The Labute approximate surface area is 157 Å². The number of benzene rings is 1. The zero-order valence-corrected chi connectivity index (χ0v) is 15.5. The summed E-state index contributed by atoms with van der Waals surface area (Å²) in [6, 6.07) is 12.2. The van der Waals surface area contributed by atoms with Crippen LogP contribution in [0.5, 0.6) is 0 Å². The van der Waals surface area contributed by atoms with Crippen LogP contribution >= 0.6 is 11.3 Å². The number of nitrogens with zero attached hydrogens (tertiary/aromatic N) is 2. The van der Waals surface area contributed by atoms with Gasteiger partial charge in [0.05, 0.1) is 16.8 Å². The number of amides is 1. The molecule has 0 aliphatic carbocycles. The molecule has 1 fully saturated rings. The number of carbonyl (C=O) groups is 1. The third-order valence-electron chi connectivity index (χ3n) is 5.12. The predicted octanol–water partition coefficient (Wildman–Crippen LogP) is 3.65. The third kappa shape index (κ3) is 4.12. The van der Waals surface area contributed by atoms with Gasteiger partial charge in [-0.15, -0.1) is 11.3 Å². The molecule has 136 valence electrons. The van der Waals surface area contributed by atoms with Gasteiger partial charge < -0.3 is 10.5 Å². The molecule has 0 radical (unpaired) electrons. The number of thiazole rings is 1. The second-order valence-corrected chi connectivity index (χ2v) is 7.65. The number of carbonyl (C=O) groups excluding carboxylic acids is 1. The fraction of sp³-hybridized carbons (Fsp3) is 0.450. The Bertz CT molecular complexity index is 776. The first-order valence-corrected chi connectivity index (χ1v) is 9.78. The Morgan fingerprint density at radius 1 is 1.35 bits per heavy atom. The number of nitriles is 1. The van der Waals surface area contributed by atoms with Crippen molar-refractivity contribution in [2.45, 2.75) is 37.5 Å². The zero-order valence-electron chi connectivity index (χ0n) is 14.7. The molecular formula is C20H23N3O2S. The molecule has 0 bridgehead atoms. The van der Waals surface area contributed by atoms with E-state index in [2.05, 4.69) is 23.6 Å². The normalized spacial score (nSPS) is 17.3. The van der Waals surface area contributed by atoms with Gasteiger partial charge in [-0.05, 0) is 25.7 Å². The number of nitrogens with two attached hydrogens (primary N) is 1. The third-order valence-corrected chi connectivity index (χ3v) is 6.21. The van der Waals surface area contributed by atoms with Crippen LogP contribution in [-0.4, -0.2) is 24.1 Å². The Balaban J connectivity index is 1.89. The van der Waals surface area contributed by atoms with Crippen molar-refractivity contribution in [3.63, 3.8) is 0 Å². The largest absolute Gasteiger partial charge is 0.381 e. The van der Waals surface area contributed by atoms with Gasteiger partial charge in [-0.25, -0.2) is 4.98 Å². The lowest BCUT2D eigenvalue weighted by Gasteiger charge is -2.37. The van der Waals surface area contributed by atoms with E-state index in [0.717, 1.165) is 29.1 Å². The van der Waals surface area contributed by atoms with E-state index in [-0.39, 0.29) is 17.2 Å². The van der Waals surface area contributed by atoms with E-state index in [4.69, 9.17) is 20.7 Å². The van der Waals surface area contributed by atoms with Gasteiger partial charge in [0.15, 0.2) is 0 Å². The standard InChI is InChI=1S/C20H23N3O2S/c21-10-4-7-16(18(22)24)13-20(8-11-25-12-9-20)19-23-17(14-26-19)15-5-2-1-3-6-15/h1-3,5-6,14,16H,4,7-9,11-13H2,(H2,22,24). The van der Waals surface area contributed by atoms with Crippen molar-refractivity contribution >= 4 is 17.2 Å². The second-order valence-electron chi connectivity index (χ2n) is 6.80. The average Bonchev–Trinajstić information content (AvgIpc) is 3.17. The first-order valence-electron chi connectivity index (χ1n) is 8.90. The summed E-state index contributed by atoms with van der Waals surface area (Å²) in [5, 5.41) is 12.0. The molecule has 1 atom stereocenters. The van der Waals surface area contributed by atoms with Crippen LogP contribution in [0.15, 0.2) is 35.7 Å². The lowest BCUT2D eigenvalue weighted by molar-refractivity contribution is -0.123. The minimum absolute atomic E-state index is 0.203. The molecule has 3 rings (SSSR count). The van der Waals surface area contributed by atoms with Gasteiger partial charge in [0.2, 0.25) is 5.91 Å². The average molecular weight is 369 g/mol. The van der Waals surface area contributed by atoms with Crippen molar-refractivity contribution in [3.05, 3.63) is 40.7 Å². The van der Waals surface area contributed by atoms with Crippen LogP contribution in [0.1, 0.15) is 37.1 Å². The van der Waals surface area contributed by atoms with Crippen LogP contribution in [0.2, 0.25) is 0 Å². The summed E-state index contributed by atoms with van der Waals surface area (Å²) in [6.07, 6.45) is 3.13. The van der Waals surface area contributed by atoms with Crippen LogP contribution in [-0.2, 0) is 14.9 Å². The molecule has 1 aliphatic rings. The van der Waals surface area contributed by atoms with Crippen LogP contribution in [0.4, 0.5) is 0 Å². The van der Waals surface area contributed by atoms with Crippen molar-refractivity contribution in [2.24, 2.45) is 11.7 Å². The monoisotopic (exact) mass is 369 g/mol. The van der Waals surface area contributed by atoms with Gasteiger partial charge >= 0.3 is 0 Å². The van der Waals surface area contributed by atoms with Crippen molar-refractivity contribution in [1.82, 2.24) is 4.98 Å². The first kappa shape index (κ1) is 18.6. The Morgan fingerprint density at radius 3 is 2.73 bits per heavy atom. The summed E-state index contributed by atoms with van der Waals surface area (Å²) in [4.78, 5) is 16.9. The molecule has 2 heterocycles. The second kappa shape index (κ2) is 8.43. The molecule has 0 spiro atoms. The highest BCUT2D eigenvalue weighted by atomic mass is 32.1. The topological polar surface area (TPSA) is 89.0 Å². The molecule has 1 unspecified atom stereocenters. The first-order chi connectivity index (χ1) is 12.6. The fourth-order valence-electron chi connectivity index (χ4n) is 3.58. The fourth-order valence-corrected chi connectivity index (χ4v) is 4.68. The van der Waals surface area contributed by atoms with Gasteiger partial charge in [0.1, 0.15) is 0 Å². The van der Waals surface area contributed by atoms with E-state index < -0.39 is 0 Å². The quantitative estimate of drug-likeness (QED) is 0.806. The predicted molar refractivity (Wildman–Crippen MR) is 101 cm³/mol. The number of ether oxygens (including phenoxy) is 1. The van der Waals surface area contributed by atoms with Gasteiger partial charge in [-0.3, -0.25) is 4.79 Å². The highest BCUT2D eigenvalue weighted by molar-refractivity contribution is 7.10. The van der Waals surface area contributed by atoms with E-state index >= 15 is 0 Å². The molecule has 1 aromatic heterocycles. The Hall–Kier alpha value is -2.23. The van der Waals surface area contributed by atoms with E-state index in [1.807, 2.05) is 18.2 Å². The van der Waals surface area contributed by atoms with E-state index in [1.165, 1.54) is 0 Å². The molecule has 0 saturated carbocycles. The molecule has 1 aliphatic heterocycles. The molecular weight excluding hydrogens is 346 g/mol. The van der Waals surface area contributed by atoms with E-state index in [0.29, 0.717) is 32.5 Å². The molecule has 2 aromatic rings. The summed E-state index contributed by atoms with van der Waals surface area (Å²) in [7, 11) is 0. The van der Waals surface area contributed by atoms with Gasteiger partial charge in [-0.1, -0.05) is 30.3 Å². The molecule has 5 nitrogen and oxygen atoms in total. The molecule has 26 heavy (non-hydrogen) atoms. The molecule has 1 amide bonds. The van der Waals surface area contributed by atoms with Crippen LogP contribution in [0.3, 0.4) is 0 Å². The highest BCUT2D eigenvalue weighted by Crippen LogP contribution is 2.43. The molecule has 6 heteroatoms. The number of primary amides is 1. The maximum absolute atomic E-state index is 11.9. The molecule has 1 aromatic carbocycles. The van der Waals surface area contributed by atoms with Crippen molar-refractivity contribution in [3.8, 4) is 17.3 Å². The van der Waals surface area contributed by atoms with Crippen molar-refractivity contribution in [1.29, 1.82) is 5.26 Å². The maximum atomic E-state index is 11.9. The minimum Gasteiger partial charge on any atom is -0.381 e. The van der Waals surface area contributed by atoms with Gasteiger partial charge in [-0.2, -0.15) is 5.26 Å². The number of hydrogen-bond acceptors (Lipinski definition) is 5. The van der Waals surface area contributed by atoms with Crippen LogP contribution < -0.4 is 5.73 Å². The minimum atomic E-state index is -0.328. The maximum Gasteiger partial charge on any atom is 0.220 e. The number of aromatic nitrogens is 1. The summed E-state index contributed by atoms with van der Waals surface area (Å²) >= 11 is 1.64. The van der Waals surface area contributed by atoms with E-state index in [1.54, 1.807) is 11.3 Å². The summed E-state index contributed by atoms with van der Waals surface area (Å²) in [5.41, 5.74) is 7.48. The Morgan fingerprint density at radius 2 is 2.08 bits per heavy atom. The highest BCUT2D eigenvalue weighted by Gasteiger charge is 2.40. The lowest BCUT2D eigenvalue weighted by atomic mass is 9.72. The summed E-state index contributed by atoms with van der Waals surface area (Å²) in [6.45, 7) is 1.31. The molecule has 2 N–H and O–H groups in total. The smallest absolute Gasteiger partial charge is 0.220 e. The van der Waals surface area contributed by atoms with Crippen LogP contribution in [0, 0.1) is 17.2 Å². The van der Waals surface area contributed by atoms with Crippen molar-refractivity contribution < 1.29 is 9.53 Å². The van der Waals surface area contributed by atoms with Gasteiger partial charge in [0, 0.05) is 41.9 Å². The van der Waals surface area contributed by atoms with Gasteiger partial charge in [0.25, 0.3) is 0 Å². The summed E-state index contributed by atoms with van der Waals surface area (Å²) in [5.74, 6) is -0.636. The molecule has 1 saturated heterocycles. The summed E-state index contributed by atoms with van der Waals surface area (Å²) < 4.78 is 5.57. The van der Waals surface area contributed by atoms with E-state index in [9.17, 15) is 4.79 Å².